The Labute approximate surface area is 130 Å². The van der Waals surface area contributed by atoms with Crippen molar-refractivity contribution in [3.63, 3.8) is 0 Å². The Morgan fingerprint density at radius 1 is 1.32 bits per heavy atom. The van der Waals surface area contributed by atoms with Crippen LogP contribution in [0.15, 0.2) is 4.52 Å². The van der Waals surface area contributed by atoms with Gasteiger partial charge in [0.2, 0.25) is 0 Å². The van der Waals surface area contributed by atoms with E-state index in [1.807, 2.05) is 20.9 Å². The third-order valence-electron chi connectivity index (χ3n) is 3.98. The van der Waals surface area contributed by atoms with Gasteiger partial charge in [0.15, 0.2) is 0 Å². The normalized spacial score (nSPS) is 17.5. The lowest BCUT2D eigenvalue weighted by molar-refractivity contribution is -0.130. The first-order chi connectivity index (χ1) is 10.2. The van der Waals surface area contributed by atoms with Crippen LogP contribution in [0.3, 0.4) is 0 Å². The summed E-state index contributed by atoms with van der Waals surface area (Å²) in [5.41, 5.74) is 1.21. The summed E-state index contributed by atoms with van der Waals surface area (Å²) in [6.07, 6.45) is 0.731. The van der Waals surface area contributed by atoms with Crippen molar-refractivity contribution >= 4 is 11.9 Å². The summed E-state index contributed by atoms with van der Waals surface area (Å²) in [5, 5.41) is 6.63. The fraction of sp³-hybridized carbons (Fsp3) is 0.667. The maximum Gasteiger partial charge on any atom is 0.325 e. The Kier molecular flexibility index (Phi) is 4.55. The van der Waals surface area contributed by atoms with Gasteiger partial charge in [-0.15, -0.1) is 0 Å². The molecule has 1 aliphatic heterocycles. The quantitative estimate of drug-likeness (QED) is 0.805. The van der Waals surface area contributed by atoms with Crippen LogP contribution in [0.1, 0.15) is 37.3 Å². The SMILES string of the molecule is Cc1noc(C)c1CN(C)CCCN1C(=O)NC(C)(C)C1=O. The summed E-state index contributed by atoms with van der Waals surface area (Å²) in [6.45, 7) is 9.22. The van der Waals surface area contributed by atoms with E-state index in [4.69, 9.17) is 4.52 Å². The minimum Gasteiger partial charge on any atom is -0.361 e. The minimum absolute atomic E-state index is 0.161. The molecule has 1 aromatic heterocycles. The van der Waals surface area contributed by atoms with Gasteiger partial charge < -0.3 is 14.7 Å². The van der Waals surface area contributed by atoms with Gasteiger partial charge in [-0.25, -0.2) is 4.79 Å². The van der Waals surface area contributed by atoms with E-state index in [0.29, 0.717) is 6.54 Å². The molecule has 122 valence electrons. The van der Waals surface area contributed by atoms with Crippen molar-refractivity contribution in [2.75, 3.05) is 20.1 Å². The van der Waals surface area contributed by atoms with Crippen molar-refractivity contribution in [1.82, 2.24) is 20.3 Å². The molecule has 2 rings (SSSR count). The van der Waals surface area contributed by atoms with E-state index >= 15 is 0 Å². The van der Waals surface area contributed by atoms with E-state index in [9.17, 15) is 9.59 Å². The second-order valence-electron chi connectivity index (χ2n) is 6.41. The van der Waals surface area contributed by atoms with Gasteiger partial charge in [-0.3, -0.25) is 9.69 Å². The lowest BCUT2D eigenvalue weighted by atomic mass is 10.1. The minimum atomic E-state index is -0.792. The van der Waals surface area contributed by atoms with Gasteiger partial charge in [0.1, 0.15) is 11.3 Å². The molecular weight excluding hydrogens is 284 g/mol. The van der Waals surface area contributed by atoms with E-state index in [-0.39, 0.29) is 11.9 Å². The molecule has 2 heterocycles. The molecule has 0 bridgehead atoms. The molecule has 0 radical (unpaired) electrons. The Balaban J connectivity index is 1.82. The van der Waals surface area contributed by atoms with Crippen LogP contribution in [-0.4, -0.2) is 52.6 Å². The fourth-order valence-corrected chi connectivity index (χ4v) is 2.60. The van der Waals surface area contributed by atoms with E-state index in [0.717, 1.165) is 36.5 Å². The summed E-state index contributed by atoms with van der Waals surface area (Å²) >= 11 is 0. The van der Waals surface area contributed by atoms with Gasteiger partial charge >= 0.3 is 6.03 Å². The number of carbonyl (C=O) groups is 2. The van der Waals surface area contributed by atoms with Crippen molar-refractivity contribution in [2.45, 2.75) is 46.2 Å². The number of carbonyl (C=O) groups excluding carboxylic acids is 2. The summed E-state index contributed by atoms with van der Waals surface area (Å²) < 4.78 is 5.15. The smallest absolute Gasteiger partial charge is 0.325 e. The van der Waals surface area contributed by atoms with Gasteiger partial charge in [0, 0.05) is 18.7 Å². The molecule has 3 amide bonds. The number of nitrogens with one attached hydrogen (secondary N) is 1. The standard InChI is InChI=1S/C15H24N4O3/c1-10-12(11(2)22-17-10)9-18(5)7-6-8-19-13(20)15(3,4)16-14(19)21/h6-9H2,1-5H3,(H,16,21). The zero-order chi connectivity index (χ0) is 16.5. The molecule has 1 fully saturated rings. The van der Waals surface area contributed by atoms with Crippen molar-refractivity contribution in [3.05, 3.63) is 17.0 Å². The van der Waals surface area contributed by atoms with E-state index in [1.165, 1.54) is 4.90 Å². The van der Waals surface area contributed by atoms with Crippen molar-refractivity contribution in [3.8, 4) is 0 Å². The lowest BCUT2D eigenvalue weighted by Crippen LogP contribution is -2.40. The highest BCUT2D eigenvalue weighted by molar-refractivity contribution is 6.06. The van der Waals surface area contributed by atoms with Gasteiger partial charge in [0.05, 0.1) is 5.69 Å². The summed E-state index contributed by atoms with van der Waals surface area (Å²) in [4.78, 5) is 27.3. The topological polar surface area (TPSA) is 78.7 Å². The molecule has 7 nitrogen and oxygen atoms in total. The Morgan fingerprint density at radius 2 is 2.00 bits per heavy atom. The van der Waals surface area contributed by atoms with Gasteiger partial charge in [0.25, 0.3) is 5.91 Å². The van der Waals surface area contributed by atoms with Gasteiger partial charge in [-0.1, -0.05) is 5.16 Å². The van der Waals surface area contributed by atoms with Crippen LogP contribution in [0.4, 0.5) is 4.79 Å². The van der Waals surface area contributed by atoms with E-state index in [1.54, 1.807) is 13.8 Å². The molecule has 1 aliphatic rings. The maximum atomic E-state index is 12.1. The third kappa shape index (κ3) is 3.30. The molecule has 0 unspecified atom stereocenters. The summed E-state index contributed by atoms with van der Waals surface area (Å²) in [7, 11) is 2.00. The number of aromatic nitrogens is 1. The first-order valence-electron chi connectivity index (χ1n) is 7.47. The largest absolute Gasteiger partial charge is 0.361 e. The van der Waals surface area contributed by atoms with Crippen LogP contribution in [0, 0.1) is 13.8 Å². The van der Waals surface area contributed by atoms with E-state index in [2.05, 4.69) is 15.4 Å². The Morgan fingerprint density at radius 3 is 2.50 bits per heavy atom. The zero-order valence-corrected chi connectivity index (χ0v) is 13.9. The fourth-order valence-electron chi connectivity index (χ4n) is 2.60. The number of imide groups is 1. The molecule has 0 atom stereocenters. The van der Waals surface area contributed by atoms with Gasteiger partial charge in [-0.2, -0.15) is 0 Å². The first kappa shape index (κ1) is 16.5. The van der Waals surface area contributed by atoms with Crippen LogP contribution in [0.5, 0.6) is 0 Å². The molecule has 1 saturated heterocycles. The number of hydrogen-bond acceptors (Lipinski definition) is 5. The molecule has 7 heteroatoms. The molecule has 0 spiro atoms. The number of hydrogen-bond donors (Lipinski definition) is 1. The second kappa shape index (κ2) is 6.08. The predicted molar refractivity (Wildman–Crippen MR) is 81.3 cm³/mol. The highest BCUT2D eigenvalue weighted by Gasteiger charge is 2.43. The molecule has 1 aromatic rings. The number of rotatable bonds is 6. The maximum absolute atomic E-state index is 12.1. The number of nitrogens with zero attached hydrogens (tertiary/aromatic N) is 3. The zero-order valence-electron chi connectivity index (χ0n) is 13.9. The van der Waals surface area contributed by atoms with Crippen molar-refractivity contribution < 1.29 is 14.1 Å². The number of aryl methyl sites for hydroxylation is 2. The average molecular weight is 308 g/mol. The summed E-state index contributed by atoms with van der Waals surface area (Å²) in [5.74, 6) is 0.672. The highest BCUT2D eigenvalue weighted by atomic mass is 16.5. The Bertz CT molecular complexity index is 560. The Hall–Kier alpha value is -1.89. The van der Waals surface area contributed by atoms with Gasteiger partial charge in [-0.05, 0) is 47.7 Å². The van der Waals surface area contributed by atoms with Crippen LogP contribution >= 0.6 is 0 Å². The number of urea groups is 1. The molecule has 0 aromatic carbocycles. The summed E-state index contributed by atoms with van der Waals surface area (Å²) in [6, 6.07) is -0.302. The van der Waals surface area contributed by atoms with Crippen LogP contribution in [0.25, 0.3) is 0 Å². The van der Waals surface area contributed by atoms with Crippen LogP contribution in [-0.2, 0) is 11.3 Å². The molecule has 0 aliphatic carbocycles. The average Bonchev–Trinajstić information content (AvgIpc) is 2.83. The predicted octanol–water partition coefficient (Wildman–Crippen LogP) is 1.44. The van der Waals surface area contributed by atoms with E-state index < -0.39 is 5.54 Å². The van der Waals surface area contributed by atoms with Crippen LogP contribution in [0.2, 0.25) is 0 Å². The molecule has 0 saturated carbocycles. The molecular formula is C15H24N4O3. The monoisotopic (exact) mass is 308 g/mol. The van der Waals surface area contributed by atoms with Crippen molar-refractivity contribution in [1.29, 1.82) is 0 Å². The second-order valence-corrected chi connectivity index (χ2v) is 6.41. The van der Waals surface area contributed by atoms with Crippen molar-refractivity contribution in [2.24, 2.45) is 0 Å². The highest BCUT2D eigenvalue weighted by Crippen LogP contribution is 2.17. The first-order valence-corrected chi connectivity index (χ1v) is 7.47. The molecule has 22 heavy (non-hydrogen) atoms. The number of amides is 3. The van der Waals surface area contributed by atoms with Crippen LogP contribution < -0.4 is 5.32 Å². The third-order valence-corrected chi connectivity index (χ3v) is 3.98. The molecule has 1 N–H and O–H groups in total. The lowest BCUT2D eigenvalue weighted by Gasteiger charge is -2.19.